The molecular weight excluding hydrogens is 208 g/mol. The summed E-state index contributed by atoms with van der Waals surface area (Å²) in [4.78, 5) is 2.34. The van der Waals surface area contributed by atoms with Gasteiger partial charge in [-0.15, -0.1) is 0 Å². The van der Waals surface area contributed by atoms with Gasteiger partial charge in [-0.1, -0.05) is 29.8 Å². The molecule has 1 aromatic rings. The summed E-state index contributed by atoms with van der Waals surface area (Å²) in [5.74, 6) is 0. The maximum absolute atomic E-state index is 6.11. The summed E-state index contributed by atoms with van der Waals surface area (Å²) >= 11 is 6.11. The summed E-state index contributed by atoms with van der Waals surface area (Å²) in [5, 5.41) is 0.855. The highest BCUT2D eigenvalue weighted by molar-refractivity contribution is 6.31. The van der Waals surface area contributed by atoms with Gasteiger partial charge in [-0.05, 0) is 31.5 Å². The van der Waals surface area contributed by atoms with Gasteiger partial charge < -0.3 is 5.73 Å². The number of hydrogen-bond acceptors (Lipinski definition) is 2. The minimum absolute atomic E-state index is 0.406. The van der Waals surface area contributed by atoms with Crippen molar-refractivity contribution in [2.24, 2.45) is 5.73 Å². The lowest BCUT2D eigenvalue weighted by Gasteiger charge is -2.39. The van der Waals surface area contributed by atoms with E-state index in [4.69, 9.17) is 17.3 Å². The van der Waals surface area contributed by atoms with E-state index in [0.29, 0.717) is 12.1 Å². The van der Waals surface area contributed by atoms with Crippen molar-refractivity contribution in [2.75, 3.05) is 7.05 Å². The molecule has 0 unspecified atom stereocenters. The van der Waals surface area contributed by atoms with Gasteiger partial charge in [0.2, 0.25) is 0 Å². The van der Waals surface area contributed by atoms with Crippen molar-refractivity contribution >= 4 is 11.6 Å². The fraction of sp³-hybridized carbons (Fsp3) is 0.500. The Morgan fingerprint density at radius 3 is 2.67 bits per heavy atom. The lowest BCUT2D eigenvalue weighted by Crippen LogP contribution is -2.48. The molecule has 0 radical (unpaired) electrons. The minimum Gasteiger partial charge on any atom is -0.328 e. The molecule has 0 amide bonds. The molecule has 1 aromatic carbocycles. The molecule has 1 aliphatic rings. The Kier molecular flexibility index (Phi) is 3.29. The van der Waals surface area contributed by atoms with Crippen molar-refractivity contribution in [3.05, 3.63) is 34.9 Å². The van der Waals surface area contributed by atoms with E-state index in [1.54, 1.807) is 0 Å². The number of benzene rings is 1. The van der Waals surface area contributed by atoms with Crippen molar-refractivity contribution in [1.29, 1.82) is 0 Å². The van der Waals surface area contributed by atoms with E-state index in [-0.39, 0.29) is 0 Å². The molecule has 1 saturated carbocycles. The molecule has 0 aromatic heterocycles. The Bertz CT molecular complexity index is 334. The molecule has 0 atom stereocenters. The SMILES string of the molecule is CN(Cc1ccccc1Cl)C1CC(N)C1. The standard InChI is InChI=1S/C12H17ClN2/c1-15(11-6-10(14)7-11)8-9-4-2-3-5-12(9)13/h2-5,10-11H,6-8,14H2,1H3. The number of halogens is 1. The molecule has 2 nitrogen and oxygen atoms in total. The Labute approximate surface area is 96.0 Å². The van der Waals surface area contributed by atoms with Gasteiger partial charge in [0.05, 0.1) is 0 Å². The second-order valence-electron chi connectivity index (χ2n) is 4.39. The summed E-state index contributed by atoms with van der Waals surface area (Å²) in [6, 6.07) is 9.06. The Morgan fingerprint density at radius 2 is 2.07 bits per heavy atom. The molecule has 0 aliphatic heterocycles. The quantitative estimate of drug-likeness (QED) is 0.854. The average Bonchev–Trinajstić information content (AvgIpc) is 2.17. The lowest BCUT2D eigenvalue weighted by molar-refractivity contribution is 0.132. The van der Waals surface area contributed by atoms with Crippen LogP contribution in [-0.4, -0.2) is 24.0 Å². The number of rotatable bonds is 3. The van der Waals surface area contributed by atoms with Crippen LogP contribution in [0.3, 0.4) is 0 Å². The summed E-state index contributed by atoms with van der Waals surface area (Å²) < 4.78 is 0. The van der Waals surface area contributed by atoms with E-state index in [1.165, 1.54) is 5.56 Å². The first-order valence-corrected chi connectivity index (χ1v) is 5.74. The van der Waals surface area contributed by atoms with Gasteiger partial charge in [-0.25, -0.2) is 0 Å². The van der Waals surface area contributed by atoms with Crippen LogP contribution in [0.25, 0.3) is 0 Å². The van der Waals surface area contributed by atoms with Gasteiger partial charge in [0.1, 0.15) is 0 Å². The van der Waals surface area contributed by atoms with Crippen LogP contribution in [0, 0.1) is 0 Å². The highest BCUT2D eigenvalue weighted by atomic mass is 35.5. The normalized spacial score (nSPS) is 25.3. The predicted octanol–water partition coefficient (Wildman–Crippen LogP) is 2.26. The van der Waals surface area contributed by atoms with Gasteiger partial charge in [-0.3, -0.25) is 4.90 Å². The van der Waals surface area contributed by atoms with Gasteiger partial charge in [0.15, 0.2) is 0 Å². The second-order valence-corrected chi connectivity index (χ2v) is 4.80. The number of nitrogens with zero attached hydrogens (tertiary/aromatic N) is 1. The maximum atomic E-state index is 6.11. The minimum atomic E-state index is 0.406. The van der Waals surface area contributed by atoms with E-state index in [9.17, 15) is 0 Å². The molecule has 0 saturated heterocycles. The molecule has 1 fully saturated rings. The van der Waals surface area contributed by atoms with Crippen molar-refractivity contribution in [2.45, 2.75) is 31.5 Å². The third-order valence-corrected chi connectivity index (χ3v) is 3.52. The van der Waals surface area contributed by atoms with Gasteiger partial charge >= 0.3 is 0 Å². The van der Waals surface area contributed by atoms with Gasteiger partial charge in [0, 0.05) is 23.7 Å². The second kappa shape index (κ2) is 4.52. The first-order valence-electron chi connectivity index (χ1n) is 5.36. The van der Waals surface area contributed by atoms with Crippen LogP contribution in [0.15, 0.2) is 24.3 Å². The molecule has 0 bridgehead atoms. The van der Waals surface area contributed by atoms with E-state index in [0.717, 1.165) is 24.4 Å². The average molecular weight is 225 g/mol. The Balaban J connectivity index is 1.94. The van der Waals surface area contributed by atoms with Crippen molar-refractivity contribution in [1.82, 2.24) is 4.90 Å². The van der Waals surface area contributed by atoms with Crippen LogP contribution in [0.5, 0.6) is 0 Å². The molecular formula is C12H17ClN2. The zero-order valence-corrected chi connectivity index (χ0v) is 9.74. The molecule has 0 spiro atoms. The number of nitrogens with two attached hydrogens (primary N) is 1. The zero-order chi connectivity index (χ0) is 10.8. The van der Waals surface area contributed by atoms with Crippen molar-refractivity contribution in [3.63, 3.8) is 0 Å². The van der Waals surface area contributed by atoms with Crippen LogP contribution in [0.2, 0.25) is 5.02 Å². The van der Waals surface area contributed by atoms with Crippen molar-refractivity contribution < 1.29 is 0 Å². The third kappa shape index (κ3) is 2.51. The molecule has 0 heterocycles. The largest absolute Gasteiger partial charge is 0.328 e. The highest BCUT2D eigenvalue weighted by Gasteiger charge is 2.29. The van der Waals surface area contributed by atoms with Gasteiger partial charge in [-0.2, -0.15) is 0 Å². The third-order valence-electron chi connectivity index (χ3n) is 3.15. The van der Waals surface area contributed by atoms with E-state index < -0.39 is 0 Å². The van der Waals surface area contributed by atoms with Crippen LogP contribution < -0.4 is 5.73 Å². The molecule has 2 rings (SSSR count). The fourth-order valence-corrected chi connectivity index (χ4v) is 2.21. The van der Waals surface area contributed by atoms with Gasteiger partial charge in [0.25, 0.3) is 0 Å². The summed E-state index contributed by atoms with van der Waals surface area (Å²) in [7, 11) is 2.14. The monoisotopic (exact) mass is 224 g/mol. The van der Waals surface area contributed by atoms with E-state index in [1.807, 2.05) is 18.2 Å². The zero-order valence-electron chi connectivity index (χ0n) is 8.99. The first-order chi connectivity index (χ1) is 7.16. The Morgan fingerprint density at radius 1 is 1.40 bits per heavy atom. The fourth-order valence-electron chi connectivity index (χ4n) is 2.01. The van der Waals surface area contributed by atoms with Crippen LogP contribution in [0.1, 0.15) is 18.4 Å². The summed E-state index contributed by atoms with van der Waals surface area (Å²) in [6.07, 6.45) is 2.22. The lowest BCUT2D eigenvalue weighted by atomic mass is 9.86. The van der Waals surface area contributed by atoms with Crippen LogP contribution in [0.4, 0.5) is 0 Å². The van der Waals surface area contributed by atoms with Crippen LogP contribution in [-0.2, 0) is 6.54 Å². The van der Waals surface area contributed by atoms with Crippen LogP contribution >= 0.6 is 11.6 Å². The highest BCUT2D eigenvalue weighted by Crippen LogP contribution is 2.25. The topological polar surface area (TPSA) is 29.3 Å². The first kappa shape index (κ1) is 10.9. The summed E-state index contributed by atoms with van der Waals surface area (Å²) in [5.41, 5.74) is 6.97. The smallest absolute Gasteiger partial charge is 0.0451 e. The van der Waals surface area contributed by atoms with E-state index in [2.05, 4.69) is 18.0 Å². The molecule has 82 valence electrons. The molecule has 1 aliphatic carbocycles. The number of hydrogen-bond donors (Lipinski definition) is 1. The molecule has 2 N–H and O–H groups in total. The molecule has 3 heteroatoms. The van der Waals surface area contributed by atoms with E-state index >= 15 is 0 Å². The Hall–Kier alpha value is -0.570. The maximum Gasteiger partial charge on any atom is 0.0451 e. The van der Waals surface area contributed by atoms with Crippen molar-refractivity contribution in [3.8, 4) is 0 Å². The summed E-state index contributed by atoms with van der Waals surface area (Å²) in [6.45, 7) is 0.914. The molecule has 15 heavy (non-hydrogen) atoms. The predicted molar refractivity (Wildman–Crippen MR) is 63.9 cm³/mol.